The molecule has 0 radical (unpaired) electrons. The number of carbonyl (C=O) groups is 1. The lowest BCUT2D eigenvalue weighted by atomic mass is 10.1. The van der Waals surface area contributed by atoms with Crippen LogP contribution in [0.5, 0.6) is 0 Å². The van der Waals surface area contributed by atoms with Crippen LogP contribution in [0.2, 0.25) is 0 Å². The lowest BCUT2D eigenvalue weighted by Crippen LogP contribution is -2.06. The molecular weight excluding hydrogens is 238 g/mol. The first-order chi connectivity index (χ1) is 9.06. The Hall–Kier alpha value is -2.29. The molecule has 3 nitrogen and oxygen atoms in total. The number of aromatic carboxylic acids is 1. The summed E-state index contributed by atoms with van der Waals surface area (Å²) in [5.41, 5.74) is 4.24. The number of aryl methyl sites for hydroxylation is 2. The summed E-state index contributed by atoms with van der Waals surface area (Å²) in [6, 6.07) is 13.6. The molecule has 0 bridgehead atoms. The van der Waals surface area contributed by atoms with Crippen molar-refractivity contribution >= 4 is 11.7 Å². The Balaban J connectivity index is 2.17. The quantitative estimate of drug-likeness (QED) is 0.877. The van der Waals surface area contributed by atoms with Gasteiger partial charge in [-0.2, -0.15) is 0 Å². The van der Waals surface area contributed by atoms with Crippen LogP contribution in [-0.2, 0) is 6.54 Å². The minimum Gasteiger partial charge on any atom is -0.478 e. The SMILES string of the molecule is Cc1cccc(CNc2ccc(C)cc2C(=O)O)c1. The first kappa shape index (κ1) is 13.1. The fourth-order valence-corrected chi connectivity index (χ4v) is 2.01. The molecule has 0 aliphatic carbocycles. The van der Waals surface area contributed by atoms with E-state index in [0.29, 0.717) is 17.8 Å². The summed E-state index contributed by atoms with van der Waals surface area (Å²) in [5.74, 6) is -0.907. The standard InChI is InChI=1S/C16H17NO2/c1-11-4-3-5-13(8-11)10-17-15-7-6-12(2)9-14(15)16(18)19/h3-9,17H,10H2,1-2H3,(H,18,19). The van der Waals surface area contributed by atoms with Gasteiger partial charge in [-0.25, -0.2) is 4.79 Å². The second kappa shape index (κ2) is 5.57. The molecule has 0 amide bonds. The summed E-state index contributed by atoms with van der Waals surface area (Å²) in [4.78, 5) is 11.2. The first-order valence-electron chi connectivity index (χ1n) is 6.19. The van der Waals surface area contributed by atoms with E-state index in [9.17, 15) is 9.90 Å². The van der Waals surface area contributed by atoms with Gasteiger partial charge >= 0.3 is 5.97 Å². The molecule has 0 atom stereocenters. The van der Waals surface area contributed by atoms with Gasteiger partial charge in [0.15, 0.2) is 0 Å². The third-order valence-corrected chi connectivity index (χ3v) is 2.97. The normalized spacial score (nSPS) is 10.2. The van der Waals surface area contributed by atoms with Gasteiger partial charge in [-0.3, -0.25) is 0 Å². The Morgan fingerprint density at radius 3 is 2.53 bits per heavy atom. The number of anilines is 1. The third kappa shape index (κ3) is 3.35. The number of benzene rings is 2. The molecule has 0 aliphatic heterocycles. The number of hydrogen-bond donors (Lipinski definition) is 2. The molecule has 0 unspecified atom stereocenters. The van der Waals surface area contributed by atoms with E-state index >= 15 is 0 Å². The van der Waals surface area contributed by atoms with Crippen LogP contribution < -0.4 is 5.32 Å². The fourth-order valence-electron chi connectivity index (χ4n) is 2.01. The predicted octanol–water partition coefficient (Wildman–Crippen LogP) is 3.61. The zero-order chi connectivity index (χ0) is 13.8. The van der Waals surface area contributed by atoms with E-state index in [1.807, 2.05) is 44.2 Å². The maximum atomic E-state index is 11.2. The zero-order valence-corrected chi connectivity index (χ0v) is 11.1. The van der Waals surface area contributed by atoms with E-state index in [1.54, 1.807) is 6.07 Å². The highest BCUT2D eigenvalue weighted by atomic mass is 16.4. The largest absolute Gasteiger partial charge is 0.478 e. The van der Waals surface area contributed by atoms with Crippen molar-refractivity contribution < 1.29 is 9.90 Å². The Labute approximate surface area is 112 Å². The number of carboxylic acid groups (broad SMARTS) is 1. The smallest absolute Gasteiger partial charge is 0.337 e. The molecule has 0 spiro atoms. The Bertz CT molecular complexity index is 605. The Morgan fingerprint density at radius 1 is 1.11 bits per heavy atom. The monoisotopic (exact) mass is 255 g/mol. The van der Waals surface area contributed by atoms with Crippen molar-refractivity contribution in [1.29, 1.82) is 0 Å². The number of hydrogen-bond acceptors (Lipinski definition) is 2. The zero-order valence-electron chi connectivity index (χ0n) is 11.1. The molecule has 2 N–H and O–H groups in total. The van der Waals surface area contributed by atoms with Crippen molar-refractivity contribution in [3.63, 3.8) is 0 Å². The van der Waals surface area contributed by atoms with Crippen molar-refractivity contribution in [3.05, 3.63) is 64.7 Å². The Morgan fingerprint density at radius 2 is 1.84 bits per heavy atom. The van der Waals surface area contributed by atoms with Gasteiger partial charge in [0.05, 0.1) is 5.56 Å². The highest BCUT2D eigenvalue weighted by Crippen LogP contribution is 2.18. The van der Waals surface area contributed by atoms with Crippen molar-refractivity contribution in [3.8, 4) is 0 Å². The van der Waals surface area contributed by atoms with Crippen molar-refractivity contribution in [1.82, 2.24) is 0 Å². The van der Waals surface area contributed by atoms with Crippen LogP contribution in [0.15, 0.2) is 42.5 Å². The predicted molar refractivity (Wildman–Crippen MR) is 76.6 cm³/mol. The number of rotatable bonds is 4. The second-order valence-electron chi connectivity index (χ2n) is 4.70. The molecular formula is C16H17NO2. The van der Waals surface area contributed by atoms with E-state index in [-0.39, 0.29) is 0 Å². The van der Waals surface area contributed by atoms with E-state index in [4.69, 9.17) is 0 Å². The first-order valence-corrected chi connectivity index (χ1v) is 6.19. The van der Waals surface area contributed by atoms with Gasteiger partial charge in [0.2, 0.25) is 0 Å². The van der Waals surface area contributed by atoms with Gasteiger partial charge in [-0.15, -0.1) is 0 Å². The second-order valence-corrected chi connectivity index (χ2v) is 4.70. The average molecular weight is 255 g/mol. The van der Waals surface area contributed by atoms with E-state index in [0.717, 1.165) is 11.1 Å². The van der Waals surface area contributed by atoms with Crippen LogP contribution in [0.4, 0.5) is 5.69 Å². The number of carboxylic acids is 1. The van der Waals surface area contributed by atoms with Gasteiger partial charge in [-0.05, 0) is 31.5 Å². The molecule has 0 aromatic heterocycles. The molecule has 2 aromatic carbocycles. The molecule has 0 heterocycles. The van der Waals surface area contributed by atoms with Gasteiger partial charge in [0, 0.05) is 12.2 Å². The van der Waals surface area contributed by atoms with Crippen LogP contribution in [-0.4, -0.2) is 11.1 Å². The molecule has 19 heavy (non-hydrogen) atoms. The topological polar surface area (TPSA) is 49.3 Å². The summed E-state index contributed by atoms with van der Waals surface area (Å²) in [6.45, 7) is 4.54. The lowest BCUT2D eigenvalue weighted by molar-refractivity contribution is 0.0698. The van der Waals surface area contributed by atoms with Crippen molar-refractivity contribution in [2.24, 2.45) is 0 Å². The van der Waals surface area contributed by atoms with Crippen LogP contribution in [0.25, 0.3) is 0 Å². The van der Waals surface area contributed by atoms with E-state index in [1.165, 1.54) is 5.56 Å². The number of nitrogens with one attached hydrogen (secondary N) is 1. The summed E-state index contributed by atoms with van der Waals surface area (Å²) in [5, 5.41) is 12.4. The van der Waals surface area contributed by atoms with Gasteiger partial charge in [0.25, 0.3) is 0 Å². The molecule has 98 valence electrons. The highest BCUT2D eigenvalue weighted by Gasteiger charge is 2.09. The van der Waals surface area contributed by atoms with Gasteiger partial charge in [0.1, 0.15) is 0 Å². The van der Waals surface area contributed by atoms with Crippen LogP contribution in [0.3, 0.4) is 0 Å². The summed E-state index contributed by atoms with van der Waals surface area (Å²) in [7, 11) is 0. The Kier molecular flexibility index (Phi) is 3.85. The van der Waals surface area contributed by atoms with Crippen molar-refractivity contribution in [2.45, 2.75) is 20.4 Å². The third-order valence-electron chi connectivity index (χ3n) is 2.97. The van der Waals surface area contributed by atoms with E-state index in [2.05, 4.69) is 11.4 Å². The minimum absolute atomic E-state index is 0.313. The fraction of sp³-hybridized carbons (Fsp3) is 0.188. The average Bonchev–Trinajstić information content (AvgIpc) is 2.37. The molecule has 0 saturated carbocycles. The maximum absolute atomic E-state index is 11.2. The van der Waals surface area contributed by atoms with Crippen LogP contribution in [0.1, 0.15) is 27.0 Å². The molecule has 2 aromatic rings. The summed E-state index contributed by atoms with van der Waals surface area (Å²) in [6.07, 6.45) is 0. The van der Waals surface area contributed by atoms with Crippen molar-refractivity contribution in [2.75, 3.05) is 5.32 Å². The molecule has 2 rings (SSSR count). The molecule has 0 fully saturated rings. The van der Waals surface area contributed by atoms with Gasteiger partial charge in [-0.1, -0.05) is 41.5 Å². The van der Waals surface area contributed by atoms with Crippen LogP contribution >= 0.6 is 0 Å². The molecule has 3 heteroatoms. The summed E-state index contributed by atoms with van der Waals surface area (Å²) < 4.78 is 0. The highest BCUT2D eigenvalue weighted by molar-refractivity contribution is 5.94. The summed E-state index contributed by atoms with van der Waals surface area (Å²) >= 11 is 0. The van der Waals surface area contributed by atoms with Gasteiger partial charge < -0.3 is 10.4 Å². The lowest BCUT2D eigenvalue weighted by Gasteiger charge is -2.11. The van der Waals surface area contributed by atoms with Crippen LogP contribution in [0, 0.1) is 13.8 Å². The molecule has 0 saturated heterocycles. The minimum atomic E-state index is -0.907. The molecule has 0 aliphatic rings. The van der Waals surface area contributed by atoms with E-state index < -0.39 is 5.97 Å². The maximum Gasteiger partial charge on any atom is 0.337 e.